The summed E-state index contributed by atoms with van der Waals surface area (Å²) >= 11 is 3.32. The Morgan fingerprint density at radius 3 is 2.88 bits per heavy atom. The number of nitrogens with one attached hydrogen (secondary N) is 2. The summed E-state index contributed by atoms with van der Waals surface area (Å²) in [4.78, 5) is 11.7. The highest BCUT2D eigenvalue weighted by Gasteiger charge is 2.04. The minimum Gasteiger partial charge on any atom is -0.392 e. The first-order valence-electron chi connectivity index (χ1n) is 5.52. The molecule has 17 heavy (non-hydrogen) atoms. The molecule has 1 rings (SSSR count). The molecule has 3 N–H and O–H groups in total. The van der Waals surface area contributed by atoms with E-state index >= 15 is 0 Å². The summed E-state index contributed by atoms with van der Waals surface area (Å²) in [6.45, 7) is 3.43. The third-order valence-corrected chi connectivity index (χ3v) is 2.61. The monoisotopic (exact) mass is 300 g/mol. The Morgan fingerprint density at radius 1 is 1.47 bits per heavy atom. The molecule has 94 valence electrons. The van der Waals surface area contributed by atoms with Gasteiger partial charge in [0.05, 0.1) is 6.10 Å². The maximum absolute atomic E-state index is 11.7. The summed E-state index contributed by atoms with van der Waals surface area (Å²) in [5.74, 6) is -0.0925. The lowest BCUT2D eigenvalue weighted by Crippen LogP contribution is -2.34. The molecule has 1 aromatic carbocycles. The Hall–Kier alpha value is -0.910. The number of benzene rings is 1. The van der Waals surface area contributed by atoms with Crippen LogP contribution in [-0.2, 0) is 0 Å². The van der Waals surface area contributed by atoms with E-state index in [0.717, 1.165) is 4.47 Å². The molecule has 5 heteroatoms. The summed E-state index contributed by atoms with van der Waals surface area (Å²) in [6.07, 6.45) is -0.365. The first-order valence-corrected chi connectivity index (χ1v) is 6.31. The fourth-order valence-corrected chi connectivity index (χ4v) is 1.71. The maximum Gasteiger partial charge on any atom is 0.251 e. The van der Waals surface area contributed by atoms with Crippen molar-refractivity contribution in [1.82, 2.24) is 10.6 Å². The Kier molecular flexibility index (Phi) is 6.18. The summed E-state index contributed by atoms with van der Waals surface area (Å²) in [5, 5.41) is 14.8. The number of rotatable bonds is 6. The van der Waals surface area contributed by atoms with Gasteiger partial charge in [-0.2, -0.15) is 0 Å². The second-order valence-corrected chi connectivity index (χ2v) is 4.74. The maximum atomic E-state index is 11.7. The first kappa shape index (κ1) is 14.2. The smallest absolute Gasteiger partial charge is 0.251 e. The van der Waals surface area contributed by atoms with Crippen molar-refractivity contribution in [3.05, 3.63) is 34.3 Å². The van der Waals surface area contributed by atoms with Crippen molar-refractivity contribution >= 4 is 21.8 Å². The van der Waals surface area contributed by atoms with Gasteiger partial charge in [0.25, 0.3) is 5.91 Å². The van der Waals surface area contributed by atoms with Crippen molar-refractivity contribution in [2.75, 3.05) is 19.6 Å². The number of carbonyl (C=O) groups is 1. The van der Waals surface area contributed by atoms with Gasteiger partial charge in [-0.1, -0.05) is 22.0 Å². The van der Waals surface area contributed by atoms with Gasteiger partial charge in [-0.15, -0.1) is 0 Å². The summed E-state index contributed by atoms with van der Waals surface area (Å²) < 4.78 is 0.886. The van der Waals surface area contributed by atoms with E-state index in [4.69, 9.17) is 5.11 Å². The number of carbonyl (C=O) groups excluding carboxylic acids is 1. The van der Waals surface area contributed by atoms with Gasteiger partial charge in [-0.05, 0) is 25.1 Å². The molecule has 1 aromatic rings. The zero-order valence-corrected chi connectivity index (χ0v) is 11.3. The highest BCUT2D eigenvalue weighted by Crippen LogP contribution is 2.11. The molecule has 1 amide bonds. The predicted molar refractivity (Wildman–Crippen MR) is 71.0 cm³/mol. The Morgan fingerprint density at radius 2 is 2.24 bits per heavy atom. The molecule has 0 radical (unpaired) electrons. The minimum atomic E-state index is -0.365. The number of halogens is 1. The number of aliphatic hydroxyl groups excluding tert-OH is 1. The lowest BCUT2D eigenvalue weighted by molar-refractivity contribution is 0.0953. The second-order valence-electron chi connectivity index (χ2n) is 3.82. The van der Waals surface area contributed by atoms with Crippen molar-refractivity contribution in [2.45, 2.75) is 13.0 Å². The van der Waals surface area contributed by atoms with Crippen molar-refractivity contribution in [3.8, 4) is 0 Å². The number of hydrogen-bond acceptors (Lipinski definition) is 3. The van der Waals surface area contributed by atoms with Crippen LogP contribution in [0.4, 0.5) is 0 Å². The third-order valence-electron chi connectivity index (χ3n) is 2.11. The molecular formula is C12H17BrN2O2. The van der Waals surface area contributed by atoms with Crippen molar-refractivity contribution in [3.63, 3.8) is 0 Å². The van der Waals surface area contributed by atoms with Crippen LogP contribution in [0.15, 0.2) is 28.7 Å². The molecule has 0 bridgehead atoms. The highest BCUT2D eigenvalue weighted by atomic mass is 79.9. The van der Waals surface area contributed by atoms with Crippen LogP contribution in [0.5, 0.6) is 0 Å². The van der Waals surface area contributed by atoms with Crippen LogP contribution in [0.25, 0.3) is 0 Å². The number of hydrogen-bond donors (Lipinski definition) is 3. The van der Waals surface area contributed by atoms with Crippen LogP contribution in [0.2, 0.25) is 0 Å². The molecule has 0 aliphatic rings. The SMILES string of the molecule is CC(O)CNCCNC(=O)c1cccc(Br)c1. The van der Waals surface area contributed by atoms with Crippen molar-refractivity contribution in [2.24, 2.45) is 0 Å². The average Bonchev–Trinajstić information content (AvgIpc) is 2.28. The van der Waals surface area contributed by atoms with Gasteiger partial charge in [0.2, 0.25) is 0 Å². The normalized spacial score (nSPS) is 12.2. The van der Waals surface area contributed by atoms with Crippen LogP contribution in [0.3, 0.4) is 0 Å². The van der Waals surface area contributed by atoms with Crippen molar-refractivity contribution in [1.29, 1.82) is 0 Å². The second kappa shape index (κ2) is 7.42. The fourth-order valence-electron chi connectivity index (χ4n) is 1.31. The molecule has 1 unspecified atom stereocenters. The lowest BCUT2D eigenvalue weighted by atomic mass is 10.2. The number of aliphatic hydroxyl groups is 1. The molecule has 0 saturated heterocycles. The van der Waals surface area contributed by atoms with E-state index in [9.17, 15) is 4.79 Å². The molecule has 1 atom stereocenters. The summed E-state index contributed by atoms with van der Waals surface area (Å²) in [5.41, 5.74) is 0.634. The van der Waals surface area contributed by atoms with Gasteiger partial charge in [0.1, 0.15) is 0 Å². The standard InChI is InChI=1S/C12H17BrN2O2/c1-9(16)8-14-5-6-15-12(17)10-3-2-4-11(13)7-10/h2-4,7,9,14,16H,5-6,8H2,1H3,(H,15,17). The minimum absolute atomic E-state index is 0.0925. The van der Waals surface area contributed by atoms with Crippen LogP contribution in [-0.4, -0.2) is 36.8 Å². The van der Waals surface area contributed by atoms with E-state index in [-0.39, 0.29) is 12.0 Å². The Balaban J connectivity index is 2.26. The average molecular weight is 301 g/mol. The van der Waals surface area contributed by atoms with Gasteiger partial charge in [0.15, 0.2) is 0 Å². The summed E-state index contributed by atoms with van der Waals surface area (Å²) in [6, 6.07) is 7.24. The summed E-state index contributed by atoms with van der Waals surface area (Å²) in [7, 11) is 0. The van der Waals surface area contributed by atoms with Gasteiger partial charge in [0, 0.05) is 29.7 Å². The fraction of sp³-hybridized carbons (Fsp3) is 0.417. The lowest BCUT2D eigenvalue weighted by Gasteiger charge is -2.08. The van der Waals surface area contributed by atoms with E-state index in [1.807, 2.05) is 12.1 Å². The van der Waals surface area contributed by atoms with E-state index < -0.39 is 0 Å². The van der Waals surface area contributed by atoms with Crippen LogP contribution >= 0.6 is 15.9 Å². The molecule has 0 fully saturated rings. The largest absolute Gasteiger partial charge is 0.392 e. The first-order chi connectivity index (χ1) is 8.09. The van der Waals surface area contributed by atoms with Gasteiger partial charge in [-0.3, -0.25) is 4.79 Å². The highest BCUT2D eigenvalue weighted by molar-refractivity contribution is 9.10. The quantitative estimate of drug-likeness (QED) is 0.691. The molecule has 0 saturated carbocycles. The molecular weight excluding hydrogens is 284 g/mol. The van der Waals surface area contributed by atoms with E-state index in [1.54, 1.807) is 19.1 Å². The van der Waals surface area contributed by atoms with E-state index in [2.05, 4.69) is 26.6 Å². The van der Waals surface area contributed by atoms with Crippen molar-refractivity contribution < 1.29 is 9.90 Å². The van der Waals surface area contributed by atoms with Gasteiger partial charge in [-0.25, -0.2) is 0 Å². The topological polar surface area (TPSA) is 61.4 Å². The molecule has 0 aromatic heterocycles. The zero-order valence-electron chi connectivity index (χ0n) is 9.74. The van der Waals surface area contributed by atoms with E-state index in [0.29, 0.717) is 25.2 Å². The van der Waals surface area contributed by atoms with Crippen LogP contribution < -0.4 is 10.6 Å². The van der Waals surface area contributed by atoms with Crippen LogP contribution in [0.1, 0.15) is 17.3 Å². The predicted octanol–water partition coefficient (Wildman–Crippen LogP) is 1.15. The molecule has 4 nitrogen and oxygen atoms in total. The molecule has 0 spiro atoms. The van der Waals surface area contributed by atoms with Gasteiger partial charge >= 0.3 is 0 Å². The number of amides is 1. The Bertz CT molecular complexity index is 369. The van der Waals surface area contributed by atoms with Gasteiger partial charge < -0.3 is 15.7 Å². The molecule has 0 aliphatic heterocycles. The third kappa shape index (κ3) is 5.81. The molecule has 0 heterocycles. The Labute approximate surface area is 110 Å². The van der Waals surface area contributed by atoms with Crippen LogP contribution in [0, 0.1) is 0 Å². The zero-order chi connectivity index (χ0) is 12.7. The van der Waals surface area contributed by atoms with E-state index in [1.165, 1.54) is 0 Å². The molecule has 0 aliphatic carbocycles.